The van der Waals surface area contributed by atoms with Crippen LogP contribution >= 0.6 is 23.2 Å². The molecule has 0 N–H and O–H groups in total. The van der Waals surface area contributed by atoms with Crippen molar-refractivity contribution < 1.29 is 9.59 Å². The highest BCUT2D eigenvalue weighted by atomic mass is 35.5. The summed E-state index contributed by atoms with van der Waals surface area (Å²) in [7, 11) is 0. The van der Waals surface area contributed by atoms with Crippen molar-refractivity contribution in [3.63, 3.8) is 0 Å². The van der Waals surface area contributed by atoms with Gasteiger partial charge in [0.1, 0.15) is 6.04 Å². The lowest BCUT2D eigenvalue weighted by atomic mass is 10.1. The van der Waals surface area contributed by atoms with Crippen LogP contribution in [0, 0.1) is 0 Å². The maximum Gasteiger partial charge on any atom is 0.242 e. The minimum atomic E-state index is -1.71. The number of rotatable bonds is 6. The topological polar surface area (TPSA) is 58.9 Å². The highest BCUT2D eigenvalue weighted by molar-refractivity contribution is 6.49. The van der Waals surface area contributed by atoms with Gasteiger partial charge in [0.25, 0.3) is 0 Å². The zero-order chi connectivity index (χ0) is 11.0. The third-order valence-electron chi connectivity index (χ3n) is 1.64. The monoisotopic (exact) mass is 236 g/mol. The average Bonchev–Trinajstić information content (AvgIpc) is 2.11. The zero-order valence-corrected chi connectivity index (χ0v) is 9.18. The van der Waals surface area contributed by atoms with Crippen LogP contribution in [-0.2, 0) is 9.59 Å². The highest BCUT2D eigenvalue weighted by Gasteiger charge is 2.34. The molecule has 0 rings (SSSR count). The Labute approximate surface area is 92.0 Å². The van der Waals surface area contributed by atoms with Gasteiger partial charge in [-0.3, -0.25) is 0 Å². The molecule has 14 heavy (non-hydrogen) atoms. The lowest BCUT2D eigenvalue weighted by molar-refractivity contribution is 0.507. The molecule has 78 valence electrons. The molecule has 0 aliphatic rings. The standard InChI is InChI=1S/C8H10Cl2N2O2/c1-2-3-4-7(11-5-13)8(9,10)12-6-14/h7H,2-4H2,1H3. The molecule has 0 fully saturated rings. The Kier molecular flexibility index (Phi) is 6.43. The predicted octanol–water partition coefficient (Wildman–Crippen LogP) is 2.35. The second-order valence-corrected chi connectivity index (χ2v) is 4.02. The van der Waals surface area contributed by atoms with Crippen LogP contribution in [0.2, 0.25) is 0 Å². The molecule has 6 heteroatoms. The van der Waals surface area contributed by atoms with Gasteiger partial charge in [-0.1, -0.05) is 43.0 Å². The average molecular weight is 237 g/mol. The summed E-state index contributed by atoms with van der Waals surface area (Å²) >= 11 is 11.4. The number of hydrogen-bond acceptors (Lipinski definition) is 4. The minimum absolute atomic E-state index is 0.476. The fourth-order valence-electron chi connectivity index (χ4n) is 0.912. The molecule has 4 nitrogen and oxygen atoms in total. The summed E-state index contributed by atoms with van der Waals surface area (Å²) in [5.74, 6) is 0. The van der Waals surface area contributed by atoms with E-state index in [-0.39, 0.29) is 0 Å². The Morgan fingerprint density at radius 2 is 2.00 bits per heavy atom. The second-order valence-electron chi connectivity index (χ2n) is 2.67. The van der Waals surface area contributed by atoms with E-state index in [0.717, 1.165) is 12.8 Å². The molecule has 0 bridgehead atoms. The van der Waals surface area contributed by atoms with E-state index in [1.807, 2.05) is 6.92 Å². The van der Waals surface area contributed by atoms with E-state index in [1.54, 1.807) is 0 Å². The molecule has 0 spiro atoms. The molecule has 0 aliphatic carbocycles. The van der Waals surface area contributed by atoms with Crippen LogP contribution in [0.1, 0.15) is 26.2 Å². The Hall–Kier alpha value is -0.660. The van der Waals surface area contributed by atoms with Gasteiger partial charge >= 0.3 is 0 Å². The molecule has 0 radical (unpaired) electrons. The number of carbonyl (C=O) groups excluding carboxylic acids is 2. The summed E-state index contributed by atoms with van der Waals surface area (Å²) in [4.78, 5) is 26.7. The van der Waals surface area contributed by atoms with Crippen LogP contribution in [0.15, 0.2) is 9.98 Å². The molecular formula is C8H10Cl2N2O2. The highest BCUT2D eigenvalue weighted by Crippen LogP contribution is 2.31. The van der Waals surface area contributed by atoms with Gasteiger partial charge in [0.2, 0.25) is 16.6 Å². The third-order valence-corrected chi connectivity index (χ3v) is 2.31. The van der Waals surface area contributed by atoms with E-state index in [4.69, 9.17) is 23.2 Å². The van der Waals surface area contributed by atoms with Crippen LogP contribution in [0.25, 0.3) is 0 Å². The largest absolute Gasteiger partial charge is 0.242 e. The predicted molar refractivity (Wildman–Crippen MR) is 54.0 cm³/mol. The smallest absolute Gasteiger partial charge is 0.211 e. The number of alkyl halides is 2. The van der Waals surface area contributed by atoms with Gasteiger partial charge < -0.3 is 0 Å². The molecule has 0 aromatic rings. The summed E-state index contributed by atoms with van der Waals surface area (Å²) in [6.07, 6.45) is 4.76. The van der Waals surface area contributed by atoms with Crippen molar-refractivity contribution in [2.45, 2.75) is 36.7 Å². The molecule has 1 atom stereocenters. The van der Waals surface area contributed by atoms with Crippen molar-refractivity contribution in [1.29, 1.82) is 0 Å². The molecule has 0 heterocycles. The lowest BCUT2D eigenvalue weighted by Crippen LogP contribution is -2.27. The Bertz CT molecular complexity index is 269. The van der Waals surface area contributed by atoms with Crippen LogP contribution in [0.3, 0.4) is 0 Å². The molecule has 0 aliphatic heterocycles. The van der Waals surface area contributed by atoms with E-state index in [1.165, 1.54) is 12.2 Å². The summed E-state index contributed by atoms with van der Waals surface area (Å²) in [6.45, 7) is 1.97. The number of aliphatic imine (C=N–C) groups is 2. The van der Waals surface area contributed by atoms with Crippen LogP contribution in [-0.4, -0.2) is 22.7 Å². The molecular weight excluding hydrogens is 227 g/mol. The number of isocyanates is 2. The van der Waals surface area contributed by atoms with E-state index < -0.39 is 10.5 Å². The van der Waals surface area contributed by atoms with Crippen LogP contribution < -0.4 is 0 Å². The van der Waals surface area contributed by atoms with Gasteiger partial charge in [0.05, 0.1) is 0 Å². The maximum atomic E-state index is 10.1. The number of unbranched alkanes of at least 4 members (excludes halogenated alkanes) is 1. The fourth-order valence-corrected chi connectivity index (χ4v) is 1.30. The number of hydrogen-bond donors (Lipinski definition) is 0. The van der Waals surface area contributed by atoms with Crippen molar-refractivity contribution in [1.82, 2.24) is 0 Å². The van der Waals surface area contributed by atoms with E-state index in [9.17, 15) is 9.59 Å². The van der Waals surface area contributed by atoms with E-state index in [0.29, 0.717) is 6.42 Å². The molecule has 0 aromatic carbocycles. The first kappa shape index (κ1) is 13.3. The van der Waals surface area contributed by atoms with Gasteiger partial charge in [-0.2, -0.15) is 9.98 Å². The maximum absolute atomic E-state index is 10.1. The molecule has 0 saturated heterocycles. The Morgan fingerprint density at radius 1 is 1.36 bits per heavy atom. The minimum Gasteiger partial charge on any atom is -0.211 e. The first-order valence-electron chi connectivity index (χ1n) is 4.12. The van der Waals surface area contributed by atoms with Gasteiger partial charge in [-0.05, 0) is 6.42 Å². The number of halogens is 2. The summed E-state index contributed by atoms with van der Waals surface area (Å²) < 4.78 is -1.71. The molecule has 0 amide bonds. The van der Waals surface area contributed by atoms with Gasteiger partial charge in [-0.25, -0.2) is 9.59 Å². The summed E-state index contributed by atoms with van der Waals surface area (Å²) in [5, 5.41) is 0. The second kappa shape index (κ2) is 6.74. The lowest BCUT2D eigenvalue weighted by Gasteiger charge is -2.19. The van der Waals surface area contributed by atoms with Crippen molar-refractivity contribution in [3.05, 3.63) is 0 Å². The quantitative estimate of drug-likeness (QED) is 0.308. The summed E-state index contributed by atoms with van der Waals surface area (Å²) in [6, 6.07) is -0.746. The first-order valence-corrected chi connectivity index (χ1v) is 4.88. The fraction of sp³-hybridized carbons (Fsp3) is 0.750. The van der Waals surface area contributed by atoms with Crippen molar-refractivity contribution >= 4 is 35.4 Å². The van der Waals surface area contributed by atoms with Gasteiger partial charge in [0.15, 0.2) is 0 Å². The van der Waals surface area contributed by atoms with Crippen LogP contribution in [0.4, 0.5) is 0 Å². The molecule has 0 aromatic heterocycles. The zero-order valence-electron chi connectivity index (χ0n) is 7.67. The summed E-state index contributed by atoms with van der Waals surface area (Å²) in [5.41, 5.74) is 0. The normalized spacial score (nSPS) is 12.5. The number of nitrogens with zero attached hydrogens (tertiary/aromatic N) is 2. The van der Waals surface area contributed by atoms with E-state index in [2.05, 4.69) is 9.98 Å². The first-order chi connectivity index (χ1) is 6.58. The van der Waals surface area contributed by atoms with E-state index >= 15 is 0 Å². The van der Waals surface area contributed by atoms with Crippen molar-refractivity contribution in [2.24, 2.45) is 9.98 Å². The third kappa shape index (κ3) is 4.54. The Balaban J connectivity index is 4.61. The van der Waals surface area contributed by atoms with Crippen LogP contribution in [0.5, 0.6) is 0 Å². The SMILES string of the molecule is CCCCC(N=C=O)C(Cl)(Cl)N=C=O. The van der Waals surface area contributed by atoms with Gasteiger partial charge in [-0.15, -0.1) is 0 Å². The molecule has 1 unspecified atom stereocenters. The van der Waals surface area contributed by atoms with Crippen molar-refractivity contribution in [2.75, 3.05) is 0 Å². The van der Waals surface area contributed by atoms with Gasteiger partial charge in [0, 0.05) is 0 Å². The molecule has 0 saturated carbocycles. The van der Waals surface area contributed by atoms with Crippen molar-refractivity contribution in [3.8, 4) is 0 Å². The Morgan fingerprint density at radius 3 is 2.43 bits per heavy atom.